The Morgan fingerprint density at radius 1 is 1.47 bits per heavy atom. The van der Waals surface area contributed by atoms with E-state index in [0.717, 1.165) is 0 Å². The fourth-order valence-electron chi connectivity index (χ4n) is 1.74. The molecule has 17 heavy (non-hydrogen) atoms. The topological polar surface area (TPSA) is 45.2 Å². The van der Waals surface area contributed by atoms with E-state index in [4.69, 9.17) is 0 Å². The Morgan fingerprint density at radius 3 is 2.65 bits per heavy atom. The summed E-state index contributed by atoms with van der Waals surface area (Å²) < 4.78 is 0. The lowest BCUT2D eigenvalue weighted by Crippen LogP contribution is -2.40. The zero-order chi connectivity index (χ0) is 12.8. The molecule has 0 bridgehead atoms. The first-order chi connectivity index (χ1) is 8.07. The number of anilines is 1. The van der Waals surface area contributed by atoms with E-state index in [9.17, 15) is 4.79 Å². The molecule has 0 aliphatic rings. The molecule has 94 valence electrons. The Morgan fingerprint density at radius 2 is 2.18 bits per heavy atom. The minimum Gasteiger partial charge on any atom is -0.319 e. The second-order valence-corrected chi connectivity index (χ2v) is 4.49. The summed E-state index contributed by atoms with van der Waals surface area (Å²) in [6.45, 7) is 4.81. The van der Waals surface area contributed by atoms with E-state index in [2.05, 4.69) is 24.1 Å². The zero-order valence-corrected chi connectivity index (χ0v) is 11.0. The molecule has 0 aliphatic heterocycles. The van der Waals surface area contributed by atoms with Crippen molar-refractivity contribution in [3.05, 3.63) is 24.4 Å². The number of carbonyl (C=O) groups is 1. The van der Waals surface area contributed by atoms with E-state index < -0.39 is 0 Å². The Balaban J connectivity index is 2.80. The third-order valence-electron chi connectivity index (χ3n) is 2.87. The first-order valence-corrected chi connectivity index (χ1v) is 5.91. The van der Waals surface area contributed by atoms with Crippen molar-refractivity contribution >= 4 is 11.7 Å². The van der Waals surface area contributed by atoms with Crippen LogP contribution < -0.4 is 10.2 Å². The maximum atomic E-state index is 12.3. The van der Waals surface area contributed by atoms with Crippen LogP contribution in [0.1, 0.15) is 13.8 Å². The lowest BCUT2D eigenvalue weighted by Gasteiger charge is -2.25. The molecule has 1 aromatic heterocycles. The van der Waals surface area contributed by atoms with Gasteiger partial charge in [-0.15, -0.1) is 0 Å². The molecular formula is C13H21N3O. The summed E-state index contributed by atoms with van der Waals surface area (Å²) in [5.74, 6) is 1.08. The van der Waals surface area contributed by atoms with Gasteiger partial charge in [-0.05, 0) is 25.1 Å². The molecule has 0 aromatic carbocycles. The van der Waals surface area contributed by atoms with Crippen molar-refractivity contribution in [1.82, 2.24) is 10.3 Å². The van der Waals surface area contributed by atoms with Crippen LogP contribution in [-0.2, 0) is 4.79 Å². The number of carbonyl (C=O) groups excluding carboxylic acids is 1. The summed E-state index contributed by atoms with van der Waals surface area (Å²) in [4.78, 5) is 18.1. The summed E-state index contributed by atoms with van der Waals surface area (Å²) in [7, 11) is 3.64. The maximum Gasteiger partial charge on any atom is 0.232 e. The van der Waals surface area contributed by atoms with Gasteiger partial charge in [0.15, 0.2) is 0 Å². The minimum absolute atomic E-state index is 0.0213. The molecule has 1 atom stereocenters. The molecule has 1 rings (SSSR count). The number of pyridine rings is 1. The minimum atomic E-state index is -0.0213. The number of amides is 1. The summed E-state index contributed by atoms with van der Waals surface area (Å²) in [6, 6.07) is 5.57. The van der Waals surface area contributed by atoms with E-state index in [1.54, 1.807) is 18.1 Å². The molecule has 0 fully saturated rings. The normalized spacial score (nSPS) is 12.5. The largest absolute Gasteiger partial charge is 0.319 e. The number of rotatable bonds is 5. The second kappa shape index (κ2) is 6.35. The Kier molecular flexibility index (Phi) is 5.10. The molecule has 0 aliphatic carbocycles. The van der Waals surface area contributed by atoms with Crippen LogP contribution in [0.4, 0.5) is 5.82 Å². The third kappa shape index (κ3) is 3.53. The molecule has 0 spiro atoms. The van der Waals surface area contributed by atoms with Crippen molar-refractivity contribution in [1.29, 1.82) is 0 Å². The smallest absolute Gasteiger partial charge is 0.232 e. The Bertz CT molecular complexity index is 351. The molecule has 4 nitrogen and oxygen atoms in total. The predicted molar refractivity (Wildman–Crippen MR) is 69.9 cm³/mol. The maximum absolute atomic E-state index is 12.3. The molecule has 1 N–H and O–H groups in total. The molecule has 0 saturated carbocycles. The summed E-state index contributed by atoms with van der Waals surface area (Å²) in [5.41, 5.74) is 0. The quantitative estimate of drug-likeness (QED) is 0.842. The van der Waals surface area contributed by atoms with Crippen molar-refractivity contribution in [3.63, 3.8) is 0 Å². The average molecular weight is 235 g/mol. The molecule has 4 heteroatoms. The monoisotopic (exact) mass is 235 g/mol. The third-order valence-corrected chi connectivity index (χ3v) is 2.87. The fourth-order valence-corrected chi connectivity index (χ4v) is 1.74. The van der Waals surface area contributed by atoms with Gasteiger partial charge in [0, 0.05) is 19.8 Å². The SMILES string of the molecule is CNCC(C(=O)N(C)c1ccccn1)C(C)C. The first-order valence-electron chi connectivity index (χ1n) is 5.91. The molecular weight excluding hydrogens is 214 g/mol. The Hall–Kier alpha value is -1.42. The molecule has 0 saturated heterocycles. The lowest BCUT2D eigenvalue weighted by molar-refractivity contribution is -0.123. The van der Waals surface area contributed by atoms with Crippen LogP contribution in [0.25, 0.3) is 0 Å². The fraction of sp³-hybridized carbons (Fsp3) is 0.538. The highest BCUT2D eigenvalue weighted by molar-refractivity contribution is 5.93. The van der Waals surface area contributed by atoms with Crippen LogP contribution >= 0.6 is 0 Å². The number of aromatic nitrogens is 1. The van der Waals surface area contributed by atoms with E-state index in [-0.39, 0.29) is 11.8 Å². The van der Waals surface area contributed by atoms with Crippen molar-refractivity contribution in [3.8, 4) is 0 Å². The highest BCUT2D eigenvalue weighted by Gasteiger charge is 2.25. The standard InChI is InChI=1S/C13H21N3O/c1-10(2)11(9-14-3)13(17)16(4)12-7-5-6-8-15-12/h5-8,10-11,14H,9H2,1-4H3. The number of nitrogens with zero attached hydrogens (tertiary/aromatic N) is 2. The van der Waals surface area contributed by atoms with Crippen molar-refractivity contribution < 1.29 is 4.79 Å². The van der Waals surface area contributed by atoms with Crippen LogP contribution in [0.2, 0.25) is 0 Å². The zero-order valence-electron chi connectivity index (χ0n) is 11.0. The van der Waals surface area contributed by atoms with Gasteiger partial charge in [0.1, 0.15) is 5.82 Å². The van der Waals surface area contributed by atoms with Gasteiger partial charge in [-0.25, -0.2) is 4.98 Å². The van der Waals surface area contributed by atoms with Crippen molar-refractivity contribution in [2.24, 2.45) is 11.8 Å². The number of hydrogen-bond donors (Lipinski definition) is 1. The van der Waals surface area contributed by atoms with Crippen molar-refractivity contribution in [2.75, 3.05) is 25.5 Å². The highest BCUT2D eigenvalue weighted by Crippen LogP contribution is 2.16. The van der Waals surface area contributed by atoms with Crippen LogP contribution in [0.3, 0.4) is 0 Å². The van der Waals surface area contributed by atoms with Crippen LogP contribution in [0.5, 0.6) is 0 Å². The van der Waals surface area contributed by atoms with Gasteiger partial charge in [0.25, 0.3) is 0 Å². The second-order valence-electron chi connectivity index (χ2n) is 4.49. The summed E-state index contributed by atoms with van der Waals surface area (Å²) in [6.07, 6.45) is 1.70. The molecule has 0 radical (unpaired) electrons. The lowest BCUT2D eigenvalue weighted by atomic mass is 9.94. The van der Waals surface area contributed by atoms with Gasteiger partial charge < -0.3 is 5.32 Å². The van der Waals surface area contributed by atoms with Crippen LogP contribution in [0.15, 0.2) is 24.4 Å². The number of nitrogens with one attached hydrogen (secondary N) is 1. The van der Waals surface area contributed by atoms with Gasteiger partial charge in [-0.3, -0.25) is 9.69 Å². The molecule has 1 heterocycles. The van der Waals surface area contributed by atoms with E-state index in [0.29, 0.717) is 18.3 Å². The van der Waals surface area contributed by atoms with Gasteiger partial charge >= 0.3 is 0 Å². The predicted octanol–water partition coefficient (Wildman–Crippen LogP) is 1.54. The van der Waals surface area contributed by atoms with E-state index >= 15 is 0 Å². The average Bonchev–Trinajstić information content (AvgIpc) is 2.35. The van der Waals surface area contributed by atoms with Gasteiger partial charge in [0.05, 0.1) is 5.92 Å². The first kappa shape index (κ1) is 13.6. The van der Waals surface area contributed by atoms with E-state index in [1.807, 2.05) is 25.2 Å². The van der Waals surface area contributed by atoms with Gasteiger partial charge in [-0.1, -0.05) is 19.9 Å². The molecule has 1 aromatic rings. The van der Waals surface area contributed by atoms with Gasteiger partial charge in [0.2, 0.25) is 5.91 Å². The van der Waals surface area contributed by atoms with Crippen LogP contribution in [0, 0.1) is 11.8 Å². The summed E-state index contributed by atoms with van der Waals surface area (Å²) in [5, 5.41) is 3.07. The van der Waals surface area contributed by atoms with Crippen LogP contribution in [-0.4, -0.2) is 31.5 Å². The van der Waals surface area contributed by atoms with Crippen molar-refractivity contribution in [2.45, 2.75) is 13.8 Å². The summed E-state index contributed by atoms with van der Waals surface area (Å²) >= 11 is 0. The number of hydrogen-bond acceptors (Lipinski definition) is 3. The highest BCUT2D eigenvalue weighted by atomic mass is 16.2. The van der Waals surface area contributed by atoms with Gasteiger partial charge in [-0.2, -0.15) is 0 Å². The Labute approximate surface area is 103 Å². The molecule has 1 unspecified atom stereocenters. The van der Waals surface area contributed by atoms with E-state index in [1.165, 1.54) is 0 Å². The molecule has 1 amide bonds.